The van der Waals surface area contributed by atoms with E-state index in [0.717, 1.165) is 5.56 Å². The summed E-state index contributed by atoms with van der Waals surface area (Å²) in [5.74, 6) is -0.151. The third-order valence-corrected chi connectivity index (χ3v) is 2.50. The smallest absolute Gasteiger partial charge is 0.229 e. The normalized spacial score (nSPS) is 10.1. The van der Waals surface area contributed by atoms with Gasteiger partial charge in [-0.25, -0.2) is 9.37 Å². The zero-order valence-corrected chi connectivity index (χ0v) is 10.1. The summed E-state index contributed by atoms with van der Waals surface area (Å²) in [7, 11) is 0. The first-order chi connectivity index (χ1) is 8.63. The van der Waals surface area contributed by atoms with E-state index in [-0.39, 0.29) is 18.1 Å². The molecule has 1 N–H and O–H groups in total. The van der Waals surface area contributed by atoms with Crippen LogP contribution in [0.3, 0.4) is 0 Å². The molecule has 1 amide bonds. The molecule has 0 spiro atoms. The highest BCUT2D eigenvalue weighted by atomic mass is 35.5. The minimum absolute atomic E-state index is 0.161. The number of hydrogen-bond donors (Lipinski definition) is 1. The molecule has 0 bridgehead atoms. The van der Waals surface area contributed by atoms with Crippen molar-refractivity contribution in [1.82, 2.24) is 4.98 Å². The molecule has 2 rings (SSSR count). The van der Waals surface area contributed by atoms with Gasteiger partial charge in [0.15, 0.2) is 0 Å². The average molecular weight is 265 g/mol. The summed E-state index contributed by atoms with van der Waals surface area (Å²) in [6.45, 7) is 0. The van der Waals surface area contributed by atoms with Gasteiger partial charge in [-0.2, -0.15) is 0 Å². The number of hydrogen-bond acceptors (Lipinski definition) is 2. The summed E-state index contributed by atoms with van der Waals surface area (Å²) in [5.41, 5.74) is 0.732. The van der Waals surface area contributed by atoms with E-state index >= 15 is 0 Å². The zero-order valence-electron chi connectivity index (χ0n) is 9.36. The Hall–Kier alpha value is -1.94. The molecule has 0 atom stereocenters. The third kappa shape index (κ3) is 3.53. The first-order valence-electron chi connectivity index (χ1n) is 5.29. The molecule has 0 saturated heterocycles. The number of amides is 1. The lowest BCUT2D eigenvalue weighted by Gasteiger charge is -2.04. The van der Waals surface area contributed by atoms with E-state index < -0.39 is 0 Å². The first kappa shape index (κ1) is 12.5. The number of carbonyl (C=O) groups is 1. The summed E-state index contributed by atoms with van der Waals surface area (Å²) in [6, 6.07) is 8.96. The van der Waals surface area contributed by atoms with Crippen molar-refractivity contribution in [2.75, 3.05) is 5.32 Å². The van der Waals surface area contributed by atoms with E-state index in [1.165, 1.54) is 18.3 Å². The van der Waals surface area contributed by atoms with E-state index in [2.05, 4.69) is 10.3 Å². The number of benzene rings is 1. The zero-order chi connectivity index (χ0) is 13.0. The second kappa shape index (κ2) is 5.60. The molecular weight excluding hydrogens is 255 g/mol. The Morgan fingerprint density at radius 3 is 2.67 bits per heavy atom. The summed E-state index contributed by atoms with van der Waals surface area (Å²) in [5, 5.41) is 3.12. The molecule has 1 aromatic carbocycles. The van der Waals surface area contributed by atoms with Crippen LogP contribution in [0, 0.1) is 5.82 Å². The minimum atomic E-state index is -0.323. The quantitative estimate of drug-likeness (QED) is 0.926. The Morgan fingerprint density at radius 1 is 1.28 bits per heavy atom. The van der Waals surface area contributed by atoms with Gasteiger partial charge in [0.1, 0.15) is 11.6 Å². The lowest BCUT2D eigenvalue weighted by molar-refractivity contribution is -0.115. The van der Waals surface area contributed by atoms with Crippen LogP contribution in [-0.2, 0) is 11.2 Å². The van der Waals surface area contributed by atoms with Gasteiger partial charge in [0.05, 0.1) is 6.42 Å². The van der Waals surface area contributed by atoms with Crippen LogP contribution >= 0.6 is 11.6 Å². The summed E-state index contributed by atoms with van der Waals surface area (Å²) in [4.78, 5) is 15.6. The van der Waals surface area contributed by atoms with E-state index in [4.69, 9.17) is 11.6 Å². The van der Waals surface area contributed by atoms with Gasteiger partial charge in [-0.3, -0.25) is 4.79 Å². The molecule has 1 heterocycles. The lowest BCUT2D eigenvalue weighted by atomic mass is 10.1. The molecule has 0 unspecified atom stereocenters. The number of rotatable bonds is 3. The number of nitrogens with one attached hydrogen (secondary N) is 1. The average Bonchev–Trinajstić information content (AvgIpc) is 2.32. The molecular formula is C13H10ClFN2O. The largest absolute Gasteiger partial charge is 0.310 e. The van der Waals surface area contributed by atoms with Crippen molar-refractivity contribution in [2.45, 2.75) is 6.42 Å². The van der Waals surface area contributed by atoms with E-state index in [9.17, 15) is 9.18 Å². The van der Waals surface area contributed by atoms with E-state index in [1.54, 1.807) is 24.3 Å². The van der Waals surface area contributed by atoms with E-state index in [1.807, 2.05) is 0 Å². The number of anilines is 1. The maximum Gasteiger partial charge on any atom is 0.229 e. The van der Waals surface area contributed by atoms with Crippen LogP contribution in [0.1, 0.15) is 5.56 Å². The van der Waals surface area contributed by atoms with Gasteiger partial charge in [-0.1, -0.05) is 23.7 Å². The molecule has 0 radical (unpaired) electrons. The summed E-state index contributed by atoms with van der Waals surface area (Å²) in [6.07, 6.45) is 1.67. The molecule has 0 aliphatic carbocycles. The second-order valence-electron chi connectivity index (χ2n) is 3.71. The molecule has 92 valence electrons. The van der Waals surface area contributed by atoms with Crippen LogP contribution in [0.2, 0.25) is 5.02 Å². The van der Waals surface area contributed by atoms with Crippen molar-refractivity contribution in [3.8, 4) is 0 Å². The molecule has 0 aliphatic heterocycles. The predicted octanol–water partition coefficient (Wildman–Crippen LogP) is 3.06. The fourth-order valence-corrected chi connectivity index (χ4v) is 1.61. The van der Waals surface area contributed by atoms with Crippen molar-refractivity contribution >= 4 is 23.3 Å². The number of halogens is 2. The van der Waals surface area contributed by atoms with Crippen molar-refractivity contribution in [1.29, 1.82) is 0 Å². The van der Waals surface area contributed by atoms with Crippen molar-refractivity contribution < 1.29 is 9.18 Å². The van der Waals surface area contributed by atoms with Crippen molar-refractivity contribution in [3.63, 3.8) is 0 Å². The lowest BCUT2D eigenvalue weighted by Crippen LogP contribution is -2.15. The van der Waals surface area contributed by atoms with Crippen LogP contribution < -0.4 is 5.32 Å². The number of carbonyl (C=O) groups excluding carboxylic acids is 1. The number of aromatic nitrogens is 1. The van der Waals surface area contributed by atoms with Crippen LogP contribution in [0.15, 0.2) is 42.6 Å². The van der Waals surface area contributed by atoms with Crippen molar-refractivity contribution in [3.05, 3.63) is 59.0 Å². The summed E-state index contributed by atoms with van der Waals surface area (Å²) < 4.78 is 12.7. The first-order valence-corrected chi connectivity index (χ1v) is 5.67. The fourth-order valence-electron chi connectivity index (χ4n) is 1.45. The predicted molar refractivity (Wildman–Crippen MR) is 68.0 cm³/mol. The number of nitrogens with zero attached hydrogens (tertiary/aromatic N) is 1. The van der Waals surface area contributed by atoms with Gasteiger partial charge in [0.25, 0.3) is 0 Å². The molecule has 1 aromatic heterocycles. The Labute approximate surface area is 109 Å². The molecule has 0 aliphatic rings. The molecule has 0 saturated carbocycles. The third-order valence-electron chi connectivity index (χ3n) is 2.27. The second-order valence-corrected chi connectivity index (χ2v) is 4.15. The highest BCUT2D eigenvalue weighted by Crippen LogP contribution is 2.12. The number of pyridine rings is 1. The van der Waals surface area contributed by atoms with Crippen LogP contribution in [0.5, 0.6) is 0 Å². The Balaban J connectivity index is 1.98. The SMILES string of the molecule is O=C(Cc1ccc(F)cc1)Nc1cc(Cl)ccn1. The monoisotopic (exact) mass is 264 g/mol. The highest BCUT2D eigenvalue weighted by molar-refractivity contribution is 6.30. The Bertz CT molecular complexity index is 557. The minimum Gasteiger partial charge on any atom is -0.310 e. The van der Waals surface area contributed by atoms with Gasteiger partial charge in [0.2, 0.25) is 5.91 Å². The van der Waals surface area contributed by atoms with Crippen LogP contribution in [-0.4, -0.2) is 10.9 Å². The van der Waals surface area contributed by atoms with Gasteiger partial charge >= 0.3 is 0 Å². The van der Waals surface area contributed by atoms with Crippen molar-refractivity contribution in [2.24, 2.45) is 0 Å². The van der Waals surface area contributed by atoms with Crippen LogP contribution in [0.4, 0.5) is 10.2 Å². The van der Waals surface area contributed by atoms with Gasteiger partial charge in [-0.15, -0.1) is 0 Å². The molecule has 2 aromatic rings. The fraction of sp³-hybridized carbons (Fsp3) is 0.0769. The van der Waals surface area contributed by atoms with Crippen LogP contribution in [0.25, 0.3) is 0 Å². The van der Waals surface area contributed by atoms with Gasteiger partial charge in [-0.05, 0) is 29.8 Å². The topological polar surface area (TPSA) is 42.0 Å². The molecule has 5 heteroatoms. The Kier molecular flexibility index (Phi) is 3.89. The van der Waals surface area contributed by atoms with Gasteiger partial charge < -0.3 is 5.32 Å². The van der Waals surface area contributed by atoms with E-state index in [0.29, 0.717) is 10.8 Å². The maximum absolute atomic E-state index is 12.7. The van der Waals surface area contributed by atoms with Gasteiger partial charge in [0, 0.05) is 11.2 Å². The molecule has 18 heavy (non-hydrogen) atoms. The molecule has 0 fully saturated rings. The maximum atomic E-state index is 12.7. The summed E-state index contributed by atoms with van der Waals surface area (Å²) >= 11 is 5.77. The highest BCUT2D eigenvalue weighted by Gasteiger charge is 2.05. The Morgan fingerprint density at radius 2 is 2.00 bits per heavy atom. The molecule has 3 nitrogen and oxygen atoms in total. The standard InChI is InChI=1S/C13H10ClFN2O/c14-10-5-6-16-12(8-10)17-13(18)7-9-1-3-11(15)4-2-9/h1-6,8H,7H2,(H,16,17,18).